The van der Waals surface area contributed by atoms with Gasteiger partial charge < -0.3 is 24.4 Å². The largest absolute Gasteiger partial charge is 0.707 e. The van der Waals surface area contributed by atoms with Gasteiger partial charge in [0.2, 0.25) is 0 Å². The second kappa shape index (κ2) is 5.39. The Balaban J connectivity index is 2.07. The number of amides is 1. The van der Waals surface area contributed by atoms with Crippen LogP contribution in [-0.4, -0.2) is 23.3 Å². The quantitative estimate of drug-likeness (QED) is 0.697. The molecule has 0 spiro atoms. The van der Waals surface area contributed by atoms with Gasteiger partial charge in [-0.3, -0.25) is 4.79 Å². The van der Waals surface area contributed by atoms with Crippen LogP contribution in [0.15, 0.2) is 47.1 Å². The first kappa shape index (κ1) is 12.2. The van der Waals surface area contributed by atoms with Crippen molar-refractivity contribution in [2.75, 3.05) is 5.32 Å². The van der Waals surface area contributed by atoms with Crippen molar-refractivity contribution < 1.29 is 23.9 Å². The van der Waals surface area contributed by atoms with Crippen LogP contribution in [0.2, 0.25) is 0 Å². The highest BCUT2D eigenvalue weighted by Gasteiger charge is 2.12. The summed E-state index contributed by atoms with van der Waals surface area (Å²) in [5, 5.41) is 19.9. The van der Waals surface area contributed by atoms with E-state index in [1.807, 2.05) is 0 Å². The van der Waals surface area contributed by atoms with Crippen molar-refractivity contribution in [3.05, 3.63) is 48.4 Å². The summed E-state index contributed by atoms with van der Waals surface area (Å²) in [7, 11) is -1.90. The molecule has 0 saturated heterocycles. The molecule has 7 heteroatoms. The third-order valence-corrected chi connectivity index (χ3v) is 2.08. The number of nitrogens with one attached hydrogen (secondary N) is 1. The van der Waals surface area contributed by atoms with Gasteiger partial charge in [-0.05, 0) is 24.3 Å². The highest BCUT2D eigenvalue weighted by atomic mass is 16.6. The lowest BCUT2D eigenvalue weighted by Crippen LogP contribution is -2.20. The van der Waals surface area contributed by atoms with Gasteiger partial charge >= 0.3 is 7.32 Å². The monoisotopic (exact) mass is 247 g/mol. The molecule has 1 amide bonds. The SMILES string of the molecule is O=C(Nc1cccc(OB(O)O)c1)c1ccco1. The predicted molar refractivity (Wildman–Crippen MR) is 63.9 cm³/mol. The van der Waals surface area contributed by atoms with E-state index < -0.39 is 13.2 Å². The second-order valence-corrected chi connectivity index (χ2v) is 3.40. The number of carbonyl (C=O) groups excluding carboxylic acids is 1. The number of hydrogen-bond donors (Lipinski definition) is 3. The molecule has 1 aromatic carbocycles. The van der Waals surface area contributed by atoms with E-state index in [9.17, 15) is 4.79 Å². The van der Waals surface area contributed by atoms with Crippen molar-refractivity contribution >= 4 is 18.9 Å². The highest BCUT2D eigenvalue weighted by Crippen LogP contribution is 2.18. The Bertz CT molecular complexity index is 526. The standard InChI is InChI=1S/C11H10BNO5/c14-11(10-5-2-6-17-10)13-8-3-1-4-9(7-8)18-12(15)16/h1-7,15-16H,(H,13,14). The summed E-state index contributed by atoms with van der Waals surface area (Å²) in [5.74, 6) is 0.00690. The number of carbonyl (C=O) groups is 1. The van der Waals surface area contributed by atoms with Crippen molar-refractivity contribution in [2.45, 2.75) is 0 Å². The minimum atomic E-state index is -1.90. The van der Waals surface area contributed by atoms with Crippen LogP contribution in [-0.2, 0) is 0 Å². The zero-order chi connectivity index (χ0) is 13.0. The Labute approximate surface area is 103 Å². The van der Waals surface area contributed by atoms with Gasteiger partial charge in [0, 0.05) is 11.8 Å². The first-order valence-electron chi connectivity index (χ1n) is 5.13. The molecule has 0 bridgehead atoms. The van der Waals surface area contributed by atoms with Crippen LogP contribution < -0.4 is 9.97 Å². The van der Waals surface area contributed by atoms with E-state index in [1.54, 1.807) is 18.2 Å². The van der Waals surface area contributed by atoms with Crippen LogP contribution in [0, 0.1) is 0 Å². The van der Waals surface area contributed by atoms with Gasteiger partial charge in [-0.1, -0.05) is 6.07 Å². The molecule has 2 aromatic rings. The first-order chi connectivity index (χ1) is 8.65. The molecule has 0 aliphatic carbocycles. The lowest BCUT2D eigenvalue weighted by Gasteiger charge is -2.07. The topological polar surface area (TPSA) is 91.9 Å². The lowest BCUT2D eigenvalue weighted by molar-refractivity contribution is 0.0996. The van der Waals surface area contributed by atoms with E-state index in [1.165, 1.54) is 24.5 Å². The molecule has 3 N–H and O–H groups in total. The maximum absolute atomic E-state index is 11.7. The van der Waals surface area contributed by atoms with E-state index in [-0.39, 0.29) is 11.5 Å². The Morgan fingerprint density at radius 3 is 2.78 bits per heavy atom. The van der Waals surface area contributed by atoms with Crippen LogP contribution in [0.4, 0.5) is 5.69 Å². The molecule has 18 heavy (non-hydrogen) atoms. The molecule has 92 valence electrons. The van der Waals surface area contributed by atoms with Crippen molar-refractivity contribution in [2.24, 2.45) is 0 Å². The van der Waals surface area contributed by atoms with E-state index >= 15 is 0 Å². The van der Waals surface area contributed by atoms with E-state index in [4.69, 9.17) is 14.5 Å². The molecule has 0 radical (unpaired) electrons. The van der Waals surface area contributed by atoms with Gasteiger partial charge in [-0.25, -0.2) is 0 Å². The zero-order valence-corrected chi connectivity index (χ0v) is 9.24. The van der Waals surface area contributed by atoms with E-state index in [0.29, 0.717) is 5.69 Å². The number of anilines is 1. The normalized spacial score (nSPS) is 9.89. The summed E-state index contributed by atoms with van der Waals surface area (Å²) in [6.45, 7) is 0. The van der Waals surface area contributed by atoms with Gasteiger partial charge in [-0.2, -0.15) is 0 Å². The minimum absolute atomic E-state index is 0.184. The summed E-state index contributed by atoms with van der Waals surface area (Å²) < 4.78 is 9.60. The van der Waals surface area contributed by atoms with Gasteiger partial charge in [0.25, 0.3) is 5.91 Å². The molecule has 2 rings (SSSR count). The number of rotatable bonds is 4. The molecule has 0 unspecified atom stereocenters. The molecule has 0 aliphatic heterocycles. The van der Waals surface area contributed by atoms with Crippen molar-refractivity contribution in [1.29, 1.82) is 0 Å². The van der Waals surface area contributed by atoms with Crippen LogP contribution in [0.25, 0.3) is 0 Å². The maximum atomic E-state index is 11.7. The Morgan fingerprint density at radius 2 is 2.11 bits per heavy atom. The fourth-order valence-corrected chi connectivity index (χ4v) is 1.37. The molecule has 0 atom stereocenters. The smallest absolute Gasteiger partial charge is 0.512 e. The fourth-order valence-electron chi connectivity index (χ4n) is 1.37. The molecule has 6 nitrogen and oxygen atoms in total. The summed E-state index contributed by atoms with van der Waals surface area (Å²) in [5.41, 5.74) is 0.453. The molecular weight excluding hydrogens is 237 g/mol. The fraction of sp³-hybridized carbons (Fsp3) is 0. The van der Waals surface area contributed by atoms with Crippen LogP contribution >= 0.6 is 0 Å². The number of benzene rings is 1. The minimum Gasteiger partial charge on any atom is -0.512 e. The summed E-state index contributed by atoms with van der Waals surface area (Å²) in [4.78, 5) is 11.7. The molecule has 1 heterocycles. The Hall–Kier alpha value is -2.25. The van der Waals surface area contributed by atoms with Gasteiger partial charge in [0.1, 0.15) is 5.75 Å². The van der Waals surface area contributed by atoms with E-state index in [0.717, 1.165) is 0 Å². The maximum Gasteiger partial charge on any atom is 0.707 e. The van der Waals surface area contributed by atoms with Crippen LogP contribution in [0.5, 0.6) is 5.75 Å². The molecule has 0 saturated carbocycles. The van der Waals surface area contributed by atoms with Crippen LogP contribution in [0.1, 0.15) is 10.6 Å². The third-order valence-electron chi connectivity index (χ3n) is 2.08. The zero-order valence-electron chi connectivity index (χ0n) is 9.24. The molecular formula is C11H10BNO5. The lowest BCUT2D eigenvalue weighted by atomic mass is 10.2. The van der Waals surface area contributed by atoms with Gasteiger partial charge in [0.05, 0.1) is 6.26 Å². The predicted octanol–water partition coefficient (Wildman–Crippen LogP) is 0.880. The Kier molecular flexibility index (Phi) is 3.66. The average Bonchev–Trinajstić information content (AvgIpc) is 2.81. The van der Waals surface area contributed by atoms with Gasteiger partial charge in [0.15, 0.2) is 5.76 Å². The summed E-state index contributed by atoms with van der Waals surface area (Å²) in [6.07, 6.45) is 1.40. The van der Waals surface area contributed by atoms with Crippen molar-refractivity contribution in [3.8, 4) is 5.75 Å². The summed E-state index contributed by atoms with van der Waals surface area (Å²) >= 11 is 0. The van der Waals surface area contributed by atoms with Crippen molar-refractivity contribution in [1.82, 2.24) is 0 Å². The number of furan rings is 1. The average molecular weight is 247 g/mol. The van der Waals surface area contributed by atoms with Gasteiger partial charge in [-0.15, -0.1) is 0 Å². The molecule has 1 aromatic heterocycles. The first-order valence-corrected chi connectivity index (χ1v) is 5.13. The molecule has 0 fully saturated rings. The number of hydrogen-bond acceptors (Lipinski definition) is 5. The summed E-state index contributed by atoms with van der Waals surface area (Å²) in [6, 6.07) is 9.37. The molecule has 0 aliphatic rings. The van der Waals surface area contributed by atoms with E-state index in [2.05, 4.69) is 9.97 Å². The third kappa shape index (κ3) is 3.13. The second-order valence-electron chi connectivity index (χ2n) is 3.40. The van der Waals surface area contributed by atoms with Crippen LogP contribution in [0.3, 0.4) is 0 Å². The highest BCUT2D eigenvalue weighted by molar-refractivity contribution is 6.33. The van der Waals surface area contributed by atoms with Crippen molar-refractivity contribution in [3.63, 3.8) is 0 Å². The Morgan fingerprint density at radius 1 is 1.28 bits per heavy atom.